The van der Waals surface area contributed by atoms with E-state index < -0.39 is 10.8 Å². The second-order valence-electron chi connectivity index (χ2n) is 3.77. The molecule has 0 saturated heterocycles. The highest BCUT2D eigenvalue weighted by molar-refractivity contribution is 6.01. The van der Waals surface area contributed by atoms with Crippen LogP contribution in [0.1, 0.15) is 18.9 Å². The second kappa shape index (κ2) is 6.91. The van der Waals surface area contributed by atoms with Gasteiger partial charge in [-0.3, -0.25) is 14.9 Å². The lowest BCUT2D eigenvalue weighted by Gasteiger charge is -2.01. The van der Waals surface area contributed by atoms with Gasteiger partial charge in [0.05, 0.1) is 4.92 Å². The van der Waals surface area contributed by atoms with Crippen LogP contribution in [0.3, 0.4) is 0 Å². The van der Waals surface area contributed by atoms with E-state index in [-0.39, 0.29) is 11.3 Å². The summed E-state index contributed by atoms with van der Waals surface area (Å²) in [6.07, 6.45) is 2.18. The van der Waals surface area contributed by atoms with Crippen LogP contribution in [0.5, 0.6) is 0 Å². The number of amides is 1. The Hall–Kier alpha value is -2.68. The SMILES string of the molecule is CCCNC(=O)/C(C#N)=C/c1ccc([N+](=O)[O-])cc1. The number of non-ortho nitro benzene ring substituents is 1. The molecule has 0 spiro atoms. The van der Waals surface area contributed by atoms with Crippen molar-refractivity contribution in [1.29, 1.82) is 5.26 Å². The Morgan fingerprint density at radius 1 is 1.47 bits per heavy atom. The lowest BCUT2D eigenvalue weighted by atomic mass is 10.1. The van der Waals surface area contributed by atoms with E-state index in [0.29, 0.717) is 12.1 Å². The van der Waals surface area contributed by atoms with Crippen molar-refractivity contribution in [2.24, 2.45) is 0 Å². The highest BCUT2D eigenvalue weighted by atomic mass is 16.6. The Labute approximate surface area is 110 Å². The molecule has 0 bridgehead atoms. The van der Waals surface area contributed by atoms with Gasteiger partial charge in [-0.25, -0.2) is 0 Å². The molecule has 0 aliphatic heterocycles. The molecule has 0 fully saturated rings. The standard InChI is InChI=1S/C13H13N3O3/c1-2-7-15-13(17)11(9-14)8-10-3-5-12(6-4-10)16(18)19/h3-6,8H,2,7H2,1H3,(H,15,17)/b11-8+. The van der Waals surface area contributed by atoms with Crippen molar-refractivity contribution in [3.63, 3.8) is 0 Å². The number of nitriles is 1. The average molecular weight is 259 g/mol. The van der Waals surface area contributed by atoms with E-state index in [4.69, 9.17) is 5.26 Å². The number of carbonyl (C=O) groups excluding carboxylic acids is 1. The maximum Gasteiger partial charge on any atom is 0.269 e. The van der Waals surface area contributed by atoms with Gasteiger partial charge < -0.3 is 5.32 Å². The fourth-order valence-corrected chi connectivity index (χ4v) is 1.34. The van der Waals surface area contributed by atoms with Crippen molar-refractivity contribution in [2.75, 3.05) is 6.54 Å². The highest BCUT2D eigenvalue weighted by Gasteiger charge is 2.08. The largest absolute Gasteiger partial charge is 0.351 e. The number of nitrogens with zero attached hydrogens (tertiary/aromatic N) is 2. The Balaban J connectivity index is 2.89. The van der Waals surface area contributed by atoms with E-state index in [9.17, 15) is 14.9 Å². The third-order valence-corrected chi connectivity index (χ3v) is 2.32. The van der Waals surface area contributed by atoms with E-state index in [0.717, 1.165) is 6.42 Å². The lowest BCUT2D eigenvalue weighted by molar-refractivity contribution is -0.384. The predicted molar refractivity (Wildman–Crippen MR) is 70.0 cm³/mol. The van der Waals surface area contributed by atoms with Crippen LogP contribution in [0.25, 0.3) is 6.08 Å². The van der Waals surface area contributed by atoms with Crippen LogP contribution in [0, 0.1) is 21.4 Å². The number of rotatable bonds is 5. The van der Waals surface area contributed by atoms with Crippen molar-refractivity contribution in [3.05, 3.63) is 45.5 Å². The molecule has 6 heteroatoms. The first-order valence-electron chi connectivity index (χ1n) is 5.73. The Kier molecular flexibility index (Phi) is 5.23. The molecule has 0 radical (unpaired) electrons. The minimum Gasteiger partial charge on any atom is -0.351 e. The molecule has 0 aromatic heterocycles. The lowest BCUT2D eigenvalue weighted by Crippen LogP contribution is -2.25. The summed E-state index contributed by atoms with van der Waals surface area (Å²) in [7, 11) is 0. The van der Waals surface area contributed by atoms with Gasteiger partial charge in [-0.15, -0.1) is 0 Å². The molecule has 6 nitrogen and oxygen atoms in total. The van der Waals surface area contributed by atoms with Crippen molar-refractivity contribution in [2.45, 2.75) is 13.3 Å². The summed E-state index contributed by atoms with van der Waals surface area (Å²) in [6, 6.07) is 7.44. The minimum atomic E-state index is -0.507. The number of hydrogen-bond acceptors (Lipinski definition) is 4. The number of carbonyl (C=O) groups is 1. The Bertz CT molecular complexity index is 541. The number of benzene rings is 1. The molecule has 98 valence electrons. The van der Waals surface area contributed by atoms with Crippen molar-refractivity contribution < 1.29 is 9.72 Å². The minimum absolute atomic E-state index is 0.0256. The summed E-state index contributed by atoms with van der Waals surface area (Å²) in [5, 5.41) is 22.0. The van der Waals surface area contributed by atoms with Gasteiger partial charge in [-0.2, -0.15) is 5.26 Å². The normalized spacial score (nSPS) is 10.6. The Morgan fingerprint density at radius 3 is 2.58 bits per heavy atom. The van der Waals surface area contributed by atoms with Gasteiger partial charge in [-0.1, -0.05) is 6.92 Å². The quantitative estimate of drug-likeness (QED) is 0.378. The number of nitrogens with one attached hydrogen (secondary N) is 1. The molecular formula is C13H13N3O3. The molecule has 1 amide bonds. The number of hydrogen-bond donors (Lipinski definition) is 1. The van der Waals surface area contributed by atoms with E-state index >= 15 is 0 Å². The molecular weight excluding hydrogens is 246 g/mol. The van der Waals surface area contributed by atoms with Crippen LogP contribution in [0.15, 0.2) is 29.8 Å². The van der Waals surface area contributed by atoms with Gasteiger partial charge in [0.25, 0.3) is 11.6 Å². The molecule has 1 rings (SSSR count). The zero-order chi connectivity index (χ0) is 14.3. The van der Waals surface area contributed by atoms with Crippen LogP contribution in [-0.2, 0) is 4.79 Å². The number of nitro groups is 1. The maximum absolute atomic E-state index is 11.6. The molecule has 0 heterocycles. The summed E-state index contributed by atoms with van der Waals surface area (Å²) >= 11 is 0. The first-order valence-corrected chi connectivity index (χ1v) is 5.73. The fraction of sp³-hybridized carbons (Fsp3) is 0.231. The third kappa shape index (κ3) is 4.24. The van der Waals surface area contributed by atoms with Gasteiger partial charge in [-0.05, 0) is 30.2 Å². The molecule has 0 aliphatic carbocycles. The van der Waals surface area contributed by atoms with Gasteiger partial charge in [0.2, 0.25) is 0 Å². The van der Waals surface area contributed by atoms with E-state index in [1.165, 1.54) is 30.3 Å². The third-order valence-electron chi connectivity index (χ3n) is 2.32. The highest BCUT2D eigenvalue weighted by Crippen LogP contribution is 2.14. The van der Waals surface area contributed by atoms with Gasteiger partial charge in [0.15, 0.2) is 0 Å². The monoisotopic (exact) mass is 259 g/mol. The van der Waals surface area contributed by atoms with Crippen LogP contribution in [0.4, 0.5) is 5.69 Å². The van der Waals surface area contributed by atoms with Gasteiger partial charge >= 0.3 is 0 Å². The molecule has 0 saturated carbocycles. The van der Waals surface area contributed by atoms with E-state index in [2.05, 4.69) is 5.32 Å². The smallest absolute Gasteiger partial charge is 0.269 e. The predicted octanol–water partition coefficient (Wildman–Crippen LogP) is 2.03. The van der Waals surface area contributed by atoms with Crippen LogP contribution in [0.2, 0.25) is 0 Å². The zero-order valence-corrected chi connectivity index (χ0v) is 10.4. The van der Waals surface area contributed by atoms with Gasteiger partial charge in [0.1, 0.15) is 11.6 Å². The summed E-state index contributed by atoms with van der Waals surface area (Å²) in [5.74, 6) is -0.442. The molecule has 19 heavy (non-hydrogen) atoms. The topological polar surface area (TPSA) is 96.0 Å². The molecule has 1 aromatic rings. The van der Waals surface area contributed by atoms with Crippen LogP contribution in [-0.4, -0.2) is 17.4 Å². The Morgan fingerprint density at radius 2 is 2.11 bits per heavy atom. The molecule has 0 unspecified atom stereocenters. The second-order valence-corrected chi connectivity index (χ2v) is 3.77. The van der Waals surface area contributed by atoms with Crippen molar-refractivity contribution in [1.82, 2.24) is 5.32 Å². The van der Waals surface area contributed by atoms with Crippen molar-refractivity contribution in [3.8, 4) is 6.07 Å². The van der Waals surface area contributed by atoms with Gasteiger partial charge in [0, 0.05) is 18.7 Å². The van der Waals surface area contributed by atoms with Crippen molar-refractivity contribution >= 4 is 17.7 Å². The molecule has 1 N–H and O–H groups in total. The molecule has 1 aromatic carbocycles. The first kappa shape index (κ1) is 14.4. The van der Waals surface area contributed by atoms with E-state index in [1.54, 1.807) is 0 Å². The van der Waals surface area contributed by atoms with Crippen LogP contribution >= 0.6 is 0 Å². The zero-order valence-electron chi connectivity index (χ0n) is 10.4. The van der Waals surface area contributed by atoms with E-state index in [1.807, 2.05) is 13.0 Å². The molecule has 0 aliphatic rings. The summed E-state index contributed by atoms with van der Waals surface area (Å²) in [6.45, 7) is 2.41. The summed E-state index contributed by atoms with van der Waals surface area (Å²) in [5.41, 5.74) is 0.502. The van der Waals surface area contributed by atoms with Crippen LogP contribution < -0.4 is 5.32 Å². The molecule has 0 atom stereocenters. The number of nitro benzene ring substituents is 1. The maximum atomic E-state index is 11.6. The summed E-state index contributed by atoms with van der Waals surface area (Å²) in [4.78, 5) is 21.6. The average Bonchev–Trinajstić information content (AvgIpc) is 2.42. The summed E-state index contributed by atoms with van der Waals surface area (Å²) < 4.78 is 0. The fourth-order valence-electron chi connectivity index (χ4n) is 1.34. The first-order chi connectivity index (χ1) is 9.08.